The molecular formula is C19H26N2O4S. The van der Waals surface area contributed by atoms with E-state index in [4.69, 9.17) is 4.74 Å². The van der Waals surface area contributed by atoms with Crippen LogP contribution in [0.5, 0.6) is 5.75 Å². The van der Waals surface area contributed by atoms with Gasteiger partial charge in [0.25, 0.3) is 5.91 Å². The molecule has 2 heterocycles. The van der Waals surface area contributed by atoms with Crippen LogP contribution >= 0.6 is 0 Å². The van der Waals surface area contributed by atoms with Crippen molar-refractivity contribution >= 4 is 15.7 Å². The molecular weight excluding hydrogens is 352 g/mol. The van der Waals surface area contributed by atoms with E-state index in [1.807, 2.05) is 13.0 Å². The summed E-state index contributed by atoms with van der Waals surface area (Å²) in [5, 5.41) is 0. The van der Waals surface area contributed by atoms with Crippen molar-refractivity contribution < 1.29 is 17.9 Å². The first-order valence-electron chi connectivity index (χ1n) is 9.28. The van der Waals surface area contributed by atoms with Crippen LogP contribution in [0.25, 0.3) is 0 Å². The maximum Gasteiger partial charge on any atom is 0.254 e. The van der Waals surface area contributed by atoms with E-state index in [0.717, 1.165) is 24.4 Å². The average Bonchev–Trinajstić information content (AvgIpc) is 3.34. The first-order valence-corrected chi connectivity index (χ1v) is 11.1. The summed E-state index contributed by atoms with van der Waals surface area (Å²) in [7, 11) is -1.50. The van der Waals surface area contributed by atoms with Gasteiger partial charge in [-0.3, -0.25) is 9.69 Å². The van der Waals surface area contributed by atoms with Crippen molar-refractivity contribution in [3.63, 3.8) is 0 Å². The highest BCUT2D eigenvalue weighted by atomic mass is 32.2. The Hall–Kier alpha value is -1.60. The number of methoxy groups -OCH3 is 1. The lowest BCUT2D eigenvalue weighted by atomic mass is 10.0. The van der Waals surface area contributed by atoms with Crippen LogP contribution < -0.4 is 4.74 Å². The molecule has 26 heavy (non-hydrogen) atoms. The second kappa shape index (κ2) is 6.53. The number of ether oxygens (including phenoxy) is 1. The molecule has 3 aliphatic rings. The summed E-state index contributed by atoms with van der Waals surface area (Å²) in [6.07, 6.45) is 2.49. The number of fused-ring (bicyclic) bond motifs is 1. The lowest BCUT2D eigenvalue weighted by molar-refractivity contribution is 0.0317. The lowest BCUT2D eigenvalue weighted by Crippen LogP contribution is -2.60. The second-order valence-corrected chi connectivity index (χ2v) is 9.98. The van der Waals surface area contributed by atoms with Crippen LogP contribution in [0, 0.1) is 12.8 Å². The summed E-state index contributed by atoms with van der Waals surface area (Å²) >= 11 is 0. The minimum atomic E-state index is -3.10. The fourth-order valence-electron chi connectivity index (χ4n) is 4.29. The number of carbonyl (C=O) groups is 1. The van der Waals surface area contributed by atoms with Crippen molar-refractivity contribution in [3.8, 4) is 5.75 Å². The van der Waals surface area contributed by atoms with Gasteiger partial charge in [-0.25, -0.2) is 8.42 Å². The fourth-order valence-corrected chi connectivity index (χ4v) is 6.31. The fraction of sp³-hybridized carbons (Fsp3) is 0.632. The molecule has 2 aliphatic heterocycles. The van der Waals surface area contributed by atoms with Gasteiger partial charge in [0.2, 0.25) is 0 Å². The van der Waals surface area contributed by atoms with E-state index in [1.54, 1.807) is 24.1 Å². The second-order valence-electron chi connectivity index (χ2n) is 7.83. The molecule has 1 aromatic rings. The Bertz CT molecular complexity index is 819. The van der Waals surface area contributed by atoms with Gasteiger partial charge in [0.05, 0.1) is 24.7 Å². The quantitative estimate of drug-likeness (QED) is 0.791. The summed E-state index contributed by atoms with van der Waals surface area (Å²) in [5.41, 5.74) is 1.48. The molecule has 0 aromatic heterocycles. The average molecular weight is 378 g/mol. The van der Waals surface area contributed by atoms with E-state index in [0.29, 0.717) is 18.0 Å². The highest BCUT2D eigenvalue weighted by molar-refractivity contribution is 7.91. The Kier molecular flexibility index (Phi) is 4.47. The van der Waals surface area contributed by atoms with Gasteiger partial charge in [0, 0.05) is 31.2 Å². The zero-order valence-electron chi connectivity index (χ0n) is 15.3. The number of amides is 1. The zero-order chi connectivity index (χ0) is 18.5. The predicted octanol–water partition coefficient (Wildman–Crippen LogP) is 1.34. The topological polar surface area (TPSA) is 66.9 Å². The number of sulfone groups is 1. The Morgan fingerprint density at radius 1 is 1.19 bits per heavy atom. The van der Waals surface area contributed by atoms with Gasteiger partial charge in [-0.1, -0.05) is 0 Å². The predicted molar refractivity (Wildman–Crippen MR) is 99.3 cm³/mol. The summed E-state index contributed by atoms with van der Waals surface area (Å²) in [6, 6.07) is 5.12. The van der Waals surface area contributed by atoms with Gasteiger partial charge < -0.3 is 9.64 Å². The van der Waals surface area contributed by atoms with Gasteiger partial charge in [-0.05, 0) is 49.4 Å². The lowest BCUT2D eigenvalue weighted by Gasteiger charge is -2.44. The SMILES string of the molecule is COc1ccc(C(=O)N2CCN(CC3CC3)C3CS(=O)(=O)CC32)c(C)c1. The normalized spacial score (nSPS) is 28.0. The highest BCUT2D eigenvalue weighted by Crippen LogP contribution is 2.34. The van der Waals surface area contributed by atoms with E-state index in [2.05, 4.69) is 4.90 Å². The summed E-state index contributed by atoms with van der Waals surface area (Å²) in [4.78, 5) is 17.3. The van der Waals surface area contributed by atoms with Gasteiger partial charge in [-0.15, -0.1) is 0 Å². The molecule has 4 rings (SSSR count). The summed E-state index contributed by atoms with van der Waals surface area (Å²) in [5.74, 6) is 1.62. The number of hydrogen-bond acceptors (Lipinski definition) is 5. The van der Waals surface area contributed by atoms with Gasteiger partial charge in [-0.2, -0.15) is 0 Å². The number of carbonyl (C=O) groups excluding carboxylic acids is 1. The standard InChI is InChI=1S/C19H26N2O4S/c1-13-9-15(25-2)5-6-16(13)19(22)21-8-7-20(10-14-3-4-14)17-11-26(23,24)12-18(17)21/h5-6,9,14,17-18H,3-4,7-8,10-12H2,1-2H3. The van der Waals surface area contributed by atoms with E-state index in [9.17, 15) is 13.2 Å². The molecule has 1 saturated carbocycles. The number of rotatable bonds is 4. The third-order valence-corrected chi connectivity index (χ3v) is 7.60. The Morgan fingerprint density at radius 3 is 2.58 bits per heavy atom. The molecule has 142 valence electrons. The molecule has 2 atom stereocenters. The van der Waals surface area contributed by atoms with Crippen molar-refractivity contribution in [2.24, 2.45) is 5.92 Å². The van der Waals surface area contributed by atoms with E-state index in [-0.39, 0.29) is 29.5 Å². The molecule has 3 fully saturated rings. The van der Waals surface area contributed by atoms with Crippen molar-refractivity contribution in [2.75, 3.05) is 38.2 Å². The first-order chi connectivity index (χ1) is 12.4. The van der Waals surface area contributed by atoms with E-state index < -0.39 is 9.84 Å². The molecule has 1 aliphatic carbocycles. The van der Waals surface area contributed by atoms with Crippen LogP contribution in [0.3, 0.4) is 0 Å². The van der Waals surface area contributed by atoms with Crippen molar-refractivity contribution in [1.82, 2.24) is 9.80 Å². The highest BCUT2D eigenvalue weighted by Gasteiger charge is 2.48. The monoisotopic (exact) mass is 378 g/mol. The third kappa shape index (κ3) is 3.34. The Balaban J connectivity index is 1.59. The molecule has 6 nitrogen and oxygen atoms in total. The van der Waals surface area contributed by atoms with E-state index in [1.165, 1.54) is 12.8 Å². The molecule has 0 bridgehead atoms. The van der Waals surface area contributed by atoms with Crippen LogP contribution in [0.15, 0.2) is 18.2 Å². The van der Waals surface area contributed by atoms with Crippen molar-refractivity contribution in [3.05, 3.63) is 29.3 Å². The van der Waals surface area contributed by atoms with Crippen LogP contribution in [0.4, 0.5) is 0 Å². The number of nitrogens with zero attached hydrogens (tertiary/aromatic N) is 2. The first kappa shape index (κ1) is 17.8. The maximum atomic E-state index is 13.2. The molecule has 1 amide bonds. The third-order valence-electron chi connectivity index (χ3n) is 5.91. The Morgan fingerprint density at radius 2 is 1.92 bits per heavy atom. The minimum absolute atomic E-state index is 0.0585. The van der Waals surface area contributed by atoms with Crippen LogP contribution in [0.1, 0.15) is 28.8 Å². The molecule has 1 aromatic carbocycles. The van der Waals surface area contributed by atoms with Gasteiger partial charge in [0.1, 0.15) is 5.75 Å². The number of piperazine rings is 1. The van der Waals surface area contributed by atoms with Crippen LogP contribution in [-0.2, 0) is 9.84 Å². The molecule has 2 unspecified atom stereocenters. The largest absolute Gasteiger partial charge is 0.497 e. The zero-order valence-corrected chi connectivity index (χ0v) is 16.2. The van der Waals surface area contributed by atoms with E-state index >= 15 is 0 Å². The number of benzene rings is 1. The summed E-state index contributed by atoms with van der Waals surface area (Å²) < 4.78 is 29.9. The summed E-state index contributed by atoms with van der Waals surface area (Å²) in [6.45, 7) is 4.21. The van der Waals surface area contributed by atoms with Crippen molar-refractivity contribution in [1.29, 1.82) is 0 Å². The number of hydrogen-bond donors (Lipinski definition) is 0. The van der Waals surface area contributed by atoms with Crippen LogP contribution in [0.2, 0.25) is 0 Å². The van der Waals surface area contributed by atoms with Gasteiger partial charge in [0.15, 0.2) is 9.84 Å². The molecule has 7 heteroatoms. The molecule has 0 N–H and O–H groups in total. The molecule has 0 radical (unpaired) electrons. The van der Waals surface area contributed by atoms with Gasteiger partial charge >= 0.3 is 0 Å². The molecule has 0 spiro atoms. The molecule has 2 saturated heterocycles. The van der Waals surface area contributed by atoms with Crippen molar-refractivity contribution in [2.45, 2.75) is 31.8 Å². The maximum absolute atomic E-state index is 13.2. The smallest absolute Gasteiger partial charge is 0.254 e. The Labute approximate surface area is 155 Å². The minimum Gasteiger partial charge on any atom is -0.497 e. The number of aryl methyl sites for hydroxylation is 1. The van der Waals surface area contributed by atoms with Crippen LogP contribution in [-0.4, -0.2) is 74.5 Å².